The normalized spacial score (nSPS) is 11.1. The van der Waals surface area contributed by atoms with Crippen molar-refractivity contribution < 1.29 is 4.79 Å². The Labute approximate surface area is 106 Å². The molecule has 0 amide bonds. The van der Waals surface area contributed by atoms with Gasteiger partial charge in [-0.1, -0.05) is 25.4 Å². The third-order valence-corrected chi connectivity index (χ3v) is 3.85. The maximum absolute atomic E-state index is 11.7. The molecule has 0 unspecified atom stereocenters. The number of Topliss-reactive ketones (excluding diaryl/α,β-unsaturated/α-hetero) is 1. The van der Waals surface area contributed by atoms with Crippen LogP contribution in [0.5, 0.6) is 0 Å². The van der Waals surface area contributed by atoms with E-state index >= 15 is 0 Å². The van der Waals surface area contributed by atoms with E-state index in [4.69, 9.17) is 11.6 Å². The molecule has 0 aliphatic heterocycles. The Morgan fingerprint density at radius 1 is 1.56 bits per heavy atom. The highest BCUT2D eigenvalue weighted by molar-refractivity contribution is 8.00. The van der Waals surface area contributed by atoms with E-state index in [-0.39, 0.29) is 5.78 Å². The van der Waals surface area contributed by atoms with Gasteiger partial charge >= 0.3 is 0 Å². The molecule has 16 heavy (non-hydrogen) atoms. The fourth-order valence-electron chi connectivity index (χ4n) is 1.38. The standard InChI is InChI=1S/C11H17ClN2OS/c1-7(2)16-6-9(15)5-10-8(3)13-14(4)11(10)12/h7H,5-6H2,1-4H3. The molecule has 1 aromatic rings. The molecule has 0 aliphatic rings. The Morgan fingerprint density at radius 3 is 2.62 bits per heavy atom. The Balaban J connectivity index is 2.63. The van der Waals surface area contributed by atoms with E-state index in [9.17, 15) is 4.79 Å². The fraction of sp³-hybridized carbons (Fsp3) is 0.636. The van der Waals surface area contributed by atoms with Gasteiger partial charge < -0.3 is 0 Å². The molecule has 1 rings (SSSR count). The SMILES string of the molecule is Cc1nn(C)c(Cl)c1CC(=O)CSC(C)C. The number of nitrogens with zero attached hydrogens (tertiary/aromatic N) is 2. The molecule has 5 heteroatoms. The summed E-state index contributed by atoms with van der Waals surface area (Å²) in [5.41, 5.74) is 1.70. The van der Waals surface area contributed by atoms with E-state index in [0.29, 0.717) is 22.6 Å². The van der Waals surface area contributed by atoms with Crippen LogP contribution in [0.15, 0.2) is 0 Å². The molecule has 1 aromatic heterocycles. The minimum Gasteiger partial charge on any atom is -0.298 e. The predicted octanol–water partition coefficient (Wildman–Crippen LogP) is 2.64. The van der Waals surface area contributed by atoms with Crippen molar-refractivity contribution in [1.82, 2.24) is 9.78 Å². The number of rotatable bonds is 5. The van der Waals surface area contributed by atoms with Crippen molar-refractivity contribution >= 4 is 29.1 Å². The van der Waals surface area contributed by atoms with Gasteiger partial charge in [0.2, 0.25) is 0 Å². The summed E-state index contributed by atoms with van der Waals surface area (Å²) in [6.45, 7) is 6.05. The molecule has 0 aromatic carbocycles. The Kier molecular flexibility index (Phi) is 4.87. The van der Waals surface area contributed by atoms with Gasteiger partial charge in [-0.3, -0.25) is 9.48 Å². The van der Waals surface area contributed by atoms with Crippen LogP contribution < -0.4 is 0 Å². The summed E-state index contributed by atoms with van der Waals surface area (Å²) >= 11 is 7.72. The average molecular weight is 261 g/mol. The van der Waals surface area contributed by atoms with Crippen molar-refractivity contribution in [3.63, 3.8) is 0 Å². The van der Waals surface area contributed by atoms with E-state index in [0.717, 1.165) is 11.3 Å². The number of carbonyl (C=O) groups is 1. The van der Waals surface area contributed by atoms with Crippen LogP contribution in [0.1, 0.15) is 25.1 Å². The Bertz CT molecular complexity index is 388. The number of halogens is 1. The quantitative estimate of drug-likeness (QED) is 0.816. The molecule has 0 saturated carbocycles. The molecule has 0 spiro atoms. The van der Waals surface area contributed by atoms with Crippen LogP contribution in [0.4, 0.5) is 0 Å². The number of thioether (sulfide) groups is 1. The highest BCUT2D eigenvalue weighted by Crippen LogP contribution is 2.20. The van der Waals surface area contributed by atoms with Crippen LogP contribution in [0.25, 0.3) is 0 Å². The number of aryl methyl sites for hydroxylation is 2. The molecule has 0 aliphatic carbocycles. The fourth-order valence-corrected chi connectivity index (χ4v) is 2.25. The number of ketones is 1. The van der Waals surface area contributed by atoms with Crippen molar-refractivity contribution in [3.05, 3.63) is 16.4 Å². The first-order valence-electron chi connectivity index (χ1n) is 5.23. The van der Waals surface area contributed by atoms with Gasteiger partial charge in [-0.2, -0.15) is 16.9 Å². The lowest BCUT2D eigenvalue weighted by atomic mass is 10.1. The first kappa shape index (κ1) is 13.6. The van der Waals surface area contributed by atoms with Crippen LogP contribution in [0.3, 0.4) is 0 Å². The van der Waals surface area contributed by atoms with Gasteiger partial charge in [0.15, 0.2) is 0 Å². The molecule has 0 fully saturated rings. The highest BCUT2D eigenvalue weighted by Gasteiger charge is 2.15. The Morgan fingerprint density at radius 2 is 2.19 bits per heavy atom. The van der Waals surface area contributed by atoms with E-state index in [2.05, 4.69) is 18.9 Å². The third kappa shape index (κ3) is 3.52. The lowest BCUT2D eigenvalue weighted by Crippen LogP contribution is -2.08. The second kappa shape index (κ2) is 5.73. The molecule has 3 nitrogen and oxygen atoms in total. The zero-order valence-corrected chi connectivity index (χ0v) is 11.7. The number of hydrogen-bond donors (Lipinski definition) is 0. The topological polar surface area (TPSA) is 34.9 Å². The summed E-state index contributed by atoms with van der Waals surface area (Å²) in [4.78, 5) is 11.7. The second-order valence-corrected chi connectivity index (χ2v) is 5.98. The van der Waals surface area contributed by atoms with Crippen LogP contribution in [0.2, 0.25) is 5.15 Å². The first-order chi connectivity index (χ1) is 7.41. The zero-order valence-electron chi connectivity index (χ0n) is 10.1. The predicted molar refractivity (Wildman–Crippen MR) is 69.3 cm³/mol. The highest BCUT2D eigenvalue weighted by atomic mass is 35.5. The van der Waals surface area contributed by atoms with Crippen LogP contribution >= 0.6 is 23.4 Å². The van der Waals surface area contributed by atoms with Gasteiger partial charge in [0.25, 0.3) is 0 Å². The van der Waals surface area contributed by atoms with Gasteiger partial charge in [-0.25, -0.2) is 0 Å². The van der Waals surface area contributed by atoms with E-state index in [1.165, 1.54) is 0 Å². The maximum atomic E-state index is 11.7. The molecule has 0 atom stereocenters. The first-order valence-corrected chi connectivity index (χ1v) is 6.65. The summed E-state index contributed by atoms with van der Waals surface area (Å²) in [5.74, 6) is 0.749. The maximum Gasteiger partial charge on any atom is 0.147 e. The van der Waals surface area contributed by atoms with E-state index in [1.807, 2.05) is 6.92 Å². The molecule has 0 N–H and O–H groups in total. The van der Waals surface area contributed by atoms with Gasteiger partial charge in [0, 0.05) is 19.0 Å². The van der Waals surface area contributed by atoms with Crippen molar-refractivity contribution in [2.45, 2.75) is 32.4 Å². The van der Waals surface area contributed by atoms with Crippen LogP contribution in [-0.4, -0.2) is 26.6 Å². The number of carbonyl (C=O) groups excluding carboxylic acids is 1. The molecule has 0 bridgehead atoms. The second-order valence-electron chi connectivity index (χ2n) is 4.05. The minimum atomic E-state index is 0.205. The Hall–Kier alpha value is -0.480. The average Bonchev–Trinajstić information content (AvgIpc) is 2.42. The summed E-state index contributed by atoms with van der Waals surface area (Å²) in [6, 6.07) is 0. The molecular weight excluding hydrogens is 244 g/mol. The molecule has 1 heterocycles. The van der Waals surface area contributed by atoms with Crippen molar-refractivity contribution in [1.29, 1.82) is 0 Å². The van der Waals surface area contributed by atoms with Gasteiger partial charge in [-0.05, 0) is 12.2 Å². The number of aromatic nitrogens is 2. The minimum absolute atomic E-state index is 0.205. The molecule has 0 saturated heterocycles. The van der Waals surface area contributed by atoms with E-state index in [1.54, 1.807) is 23.5 Å². The van der Waals surface area contributed by atoms with Crippen LogP contribution in [-0.2, 0) is 18.3 Å². The summed E-state index contributed by atoms with van der Waals surface area (Å²) < 4.78 is 1.61. The van der Waals surface area contributed by atoms with Gasteiger partial charge in [0.05, 0.1) is 11.4 Å². The lowest BCUT2D eigenvalue weighted by Gasteiger charge is -2.04. The molecular formula is C11H17ClN2OS. The summed E-state index contributed by atoms with van der Waals surface area (Å²) in [6.07, 6.45) is 0.387. The lowest BCUT2D eigenvalue weighted by molar-refractivity contribution is -0.116. The molecule has 90 valence electrons. The zero-order chi connectivity index (χ0) is 12.3. The third-order valence-electron chi connectivity index (χ3n) is 2.22. The van der Waals surface area contributed by atoms with Crippen LogP contribution in [0, 0.1) is 6.92 Å². The van der Waals surface area contributed by atoms with Crippen molar-refractivity contribution in [2.24, 2.45) is 7.05 Å². The molecule has 0 radical (unpaired) electrons. The monoisotopic (exact) mass is 260 g/mol. The summed E-state index contributed by atoms with van der Waals surface area (Å²) in [5, 5.41) is 5.24. The number of hydrogen-bond acceptors (Lipinski definition) is 3. The smallest absolute Gasteiger partial charge is 0.147 e. The van der Waals surface area contributed by atoms with Gasteiger partial charge in [-0.15, -0.1) is 0 Å². The van der Waals surface area contributed by atoms with E-state index < -0.39 is 0 Å². The van der Waals surface area contributed by atoms with Gasteiger partial charge in [0.1, 0.15) is 10.9 Å². The van der Waals surface area contributed by atoms with Crippen molar-refractivity contribution in [3.8, 4) is 0 Å². The summed E-state index contributed by atoms with van der Waals surface area (Å²) in [7, 11) is 1.78. The largest absolute Gasteiger partial charge is 0.298 e. The van der Waals surface area contributed by atoms with Crippen molar-refractivity contribution in [2.75, 3.05) is 5.75 Å².